The van der Waals surface area contributed by atoms with E-state index in [9.17, 15) is 9.59 Å². The lowest BCUT2D eigenvalue weighted by molar-refractivity contribution is -0.146. The van der Waals surface area contributed by atoms with Crippen LogP contribution in [0.2, 0.25) is 0 Å². The minimum absolute atomic E-state index is 0.0211. The Bertz CT molecular complexity index is 708. The zero-order valence-electron chi connectivity index (χ0n) is 12.2. The van der Waals surface area contributed by atoms with Crippen LogP contribution in [0.3, 0.4) is 0 Å². The molecule has 1 aromatic heterocycles. The van der Waals surface area contributed by atoms with Crippen molar-refractivity contribution in [3.05, 3.63) is 42.2 Å². The van der Waals surface area contributed by atoms with Gasteiger partial charge in [0.2, 0.25) is 5.91 Å². The van der Waals surface area contributed by atoms with E-state index in [-0.39, 0.29) is 11.8 Å². The van der Waals surface area contributed by atoms with Gasteiger partial charge in [-0.05, 0) is 35.8 Å². The first kappa shape index (κ1) is 14.5. The van der Waals surface area contributed by atoms with Crippen molar-refractivity contribution in [3.8, 4) is 0 Å². The quantitative estimate of drug-likeness (QED) is 0.885. The number of aliphatic carboxylic acids is 1. The largest absolute Gasteiger partial charge is 0.481 e. The molecule has 2 aromatic rings. The summed E-state index contributed by atoms with van der Waals surface area (Å²) in [7, 11) is 0. The minimum Gasteiger partial charge on any atom is -0.481 e. The predicted molar refractivity (Wildman–Crippen MR) is 82.3 cm³/mol. The van der Waals surface area contributed by atoms with Crippen LogP contribution in [-0.4, -0.2) is 28.5 Å². The molecule has 0 aliphatic heterocycles. The summed E-state index contributed by atoms with van der Waals surface area (Å²) in [5.74, 6) is -0.677. The van der Waals surface area contributed by atoms with Crippen LogP contribution in [0.25, 0.3) is 10.8 Å². The van der Waals surface area contributed by atoms with Gasteiger partial charge in [0.1, 0.15) is 0 Å². The van der Waals surface area contributed by atoms with Gasteiger partial charge in [0.05, 0.1) is 12.3 Å². The van der Waals surface area contributed by atoms with E-state index in [0.717, 1.165) is 16.3 Å². The zero-order valence-corrected chi connectivity index (χ0v) is 12.2. The van der Waals surface area contributed by atoms with E-state index in [0.29, 0.717) is 31.7 Å². The highest BCUT2D eigenvalue weighted by Gasteiger charge is 2.34. The smallest absolute Gasteiger partial charge is 0.306 e. The number of hydrogen-bond acceptors (Lipinski definition) is 3. The van der Waals surface area contributed by atoms with E-state index in [1.54, 1.807) is 12.4 Å². The van der Waals surface area contributed by atoms with E-state index in [2.05, 4.69) is 10.3 Å². The van der Waals surface area contributed by atoms with Crippen molar-refractivity contribution >= 4 is 22.6 Å². The molecule has 0 saturated heterocycles. The van der Waals surface area contributed by atoms with Crippen LogP contribution in [0.1, 0.15) is 18.4 Å². The fraction of sp³-hybridized carbons (Fsp3) is 0.353. The van der Waals surface area contributed by atoms with E-state index in [4.69, 9.17) is 5.11 Å². The van der Waals surface area contributed by atoms with Gasteiger partial charge in [0.15, 0.2) is 0 Å². The number of carboxylic acid groups (broad SMARTS) is 1. The fourth-order valence-electron chi connectivity index (χ4n) is 2.85. The maximum Gasteiger partial charge on any atom is 0.306 e. The number of carbonyl (C=O) groups is 2. The van der Waals surface area contributed by atoms with Crippen molar-refractivity contribution < 1.29 is 14.7 Å². The summed E-state index contributed by atoms with van der Waals surface area (Å²) in [5.41, 5.74) is 0.966. The number of nitrogens with zero attached hydrogens (tertiary/aromatic N) is 1. The number of carboxylic acids is 1. The number of pyridine rings is 1. The lowest BCUT2D eigenvalue weighted by atomic mass is 9.75. The molecule has 0 radical (unpaired) electrons. The number of amides is 1. The SMILES string of the molecule is O=C(Cc1ccc2cnccc2c1)NCC1CC(C(=O)O)C1. The Morgan fingerprint density at radius 1 is 1.23 bits per heavy atom. The number of hydrogen-bond donors (Lipinski definition) is 2. The standard InChI is InChI=1S/C17H18N2O3/c20-16(19-9-12-6-15(7-12)17(21)22)8-11-1-2-14-10-18-4-3-13(14)5-11/h1-5,10,12,15H,6-9H2,(H,19,20)(H,21,22). The molecule has 0 bridgehead atoms. The second-order valence-corrected chi connectivity index (χ2v) is 5.91. The summed E-state index contributed by atoms with van der Waals surface area (Å²) in [6.45, 7) is 0.570. The van der Waals surface area contributed by atoms with Crippen molar-refractivity contribution in [1.82, 2.24) is 10.3 Å². The number of benzene rings is 1. The fourth-order valence-corrected chi connectivity index (χ4v) is 2.85. The van der Waals surface area contributed by atoms with Crippen molar-refractivity contribution in [2.75, 3.05) is 6.54 Å². The molecule has 1 aliphatic carbocycles. The molecule has 1 aromatic carbocycles. The highest BCUT2D eigenvalue weighted by molar-refractivity contribution is 5.84. The Balaban J connectivity index is 1.50. The first-order valence-electron chi connectivity index (χ1n) is 7.44. The number of carbonyl (C=O) groups excluding carboxylic acids is 1. The summed E-state index contributed by atoms with van der Waals surface area (Å²) in [6.07, 6.45) is 5.21. The van der Waals surface area contributed by atoms with Gasteiger partial charge in [0, 0.05) is 24.3 Å². The molecule has 0 spiro atoms. The number of rotatable bonds is 5. The third kappa shape index (κ3) is 3.24. The third-order valence-corrected chi connectivity index (χ3v) is 4.24. The van der Waals surface area contributed by atoms with Gasteiger partial charge in [-0.1, -0.05) is 18.2 Å². The molecule has 22 heavy (non-hydrogen) atoms. The molecule has 1 fully saturated rings. The molecule has 0 atom stereocenters. The highest BCUT2D eigenvalue weighted by Crippen LogP contribution is 2.33. The Labute approximate surface area is 128 Å². The van der Waals surface area contributed by atoms with Crippen molar-refractivity contribution in [2.45, 2.75) is 19.3 Å². The summed E-state index contributed by atoms with van der Waals surface area (Å²) >= 11 is 0. The van der Waals surface area contributed by atoms with Gasteiger partial charge in [-0.15, -0.1) is 0 Å². The Morgan fingerprint density at radius 3 is 2.82 bits per heavy atom. The molecule has 1 amide bonds. The van der Waals surface area contributed by atoms with Gasteiger partial charge < -0.3 is 10.4 Å². The van der Waals surface area contributed by atoms with Gasteiger partial charge in [-0.25, -0.2) is 0 Å². The minimum atomic E-state index is -0.728. The number of fused-ring (bicyclic) bond motifs is 1. The lowest BCUT2D eigenvalue weighted by Crippen LogP contribution is -2.39. The second-order valence-electron chi connectivity index (χ2n) is 5.91. The number of aromatic nitrogens is 1. The van der Waals surface area contributed by atoms with Crippen LogP contribution < -0.4 is 5.32 Å². The van der Waals surface area contributed by atoms with Gasteiger partial charge in [-0.3, -0.25) is 14.6 Å². The first-order valence-corrected chi connectivity index (χ1v) is 7.44. The Kier molecular flexibility index (Phi) is 4.04. The molecule has 1 aliphatic rings. The van der Waals surface area contributed by atoms with E-state index in [1.807, 2.05) is 24.3 Å². The molecule has 1 heterocycles. The molecular formula is C17H18N2O3. The molecule has 3 rings (SSSR count). The summed E-state index contributed by atoms with van der Waals surface area (Å²) in [4.78, 5) is 26.8. The molecular weight excluding hydrogens is 280 g/mol. The normalized spacial score (nSPS) is 20.4. The predicted octanol–water partition coefficient (Wildman–Crippen LogP) is 2.00. The topological polar surface area (TPSA) is 79.3 Å². The average molecular weight is 298 g/mol. The first-order chi connectivity index (χ1) is 10.6. The monoisotopic (exact) mass is 298 g/mol. The van der Waals surface area contributed by atoms with Crippen molar-refractivity contribution in [2.24, 2.45) is 11.8 Å². The Hall–Kier alpha value is -2.43. The van der Waals surface area contributed by atoms with Crippen LogP contribution in [-0.2, 0) is 16.0 Å². The van der Waals surface area contributed by atoms with Gasteiger partial charge in [-0.2, -0.15) is 0 Å². The molecule has 5 nitrogen and oxygen atoms in total. The maximum absolute atomic E-state index is 12.0. The van der Waals surface area contributed by atoms with Gasteiger partial charge in [0.25, 0.3) is 0 Å². The average Bonchev–Trinajstić information content (AvgIpc) is 2.45. The van der Waals surface area contributed by atoms with E-state index >= 15 is 0 Å². The van der Waals surface area contributed by atoms with E-state index < -0.39 is 5.97 Å². The molecule has 114 valence electrons. The Morgan fingerprint density at radius 2 is 2.05 bits per heavy atom. The zero-order chi connectivity index (χ0) is 15.5. The highest BCUT2D eigenvalue weighted by atomic mass is 16.4. The van der Waals surface area contributed by atoms with Crippen LogP contribution >= 0.6 is 0 Å². The maximum atomic E-state index is 12.0. The molecule has 2 N–H and O–H groups in total. The van der Waals surface area contributed by atoms with Crippen LogP contribution in [0.4, 0.5) is 0 Å². The van der Waals surface area contributed by atoms with Crippen LogP contribution in [0, 0.1) is 11.8 Å². The summed E-state index contributed by atoms with van der Waals surface area (Å²) < 4.78 is 0. The summed E-state index contributed by atoms with van der Waals surface area (Å²) in [6, 6.07) is 7.83. The third-order valence-electron chi connectivity index (χ3n) is 4.24. The summed E-state index contributed by atoms with van der Waals surface area (Å²) in [5, 5.41) is 13.8. The van der Waals surface area contributed by atoms with Crippen molar-refractivity contribution in [1.29, 1.82) is 0 Å². The molecule has 5 heteroatoms. The number of nitrogens with one attached hydrogen (secondary N) is 1. The molecule has 1 saturated carbocycles. The van der Waals surface area contributed by atoms with E-state index in [1.165, 1.54) is 0 Å². The second kappa shape index (κ2) is 6.13. The van der Waals surface area contributed by atoms with Crippen LogP contribution in [0.15, 0.2) is 36.7 Å². The van der Waals surface area contributed by atoms with Crippen LogP contribution in [0.5, 0.6) is 0 Å². The van der Waals surface area contributed by atoms with Gasteiger partial charge >= 0.3 is 5.97 Å². The van der Waals surface area contributed by atoms with Crippen molar-refractivity contribution in [3.63, 3.8) is 0 Å². The molecule has 0 unspecified atom stereocenters. The lowest BCUT2D eigenvalue weighted by Gasteiger charge is -2.32.